The first-order chi connectivity index (χ1) is 9.67. The number of anilines is 1. The standard InChI is InChI=1S/C15H14INO3/c1-19-13-3-2-4-14(9-13)20-10-15(18)17-12-7-5-11(16)6-8-12/h2-9H,10H2,1H3,(H,17,18). The fraction of sp³-hybridized carbons (Fsp3) is 0.133. The lowest BCUT2D eigenvalue weighted by molar-refractivity contribution is -0.118. The molecule has 20 heavy (non-hydrogen) atoms. The molecular formula is C15H14INO3. The van der Waals surface area contributed by atoms with Crippen molar-refractivity contribution in [1.29, 1.82) is 0 Å². The molecule has 4 nitrogen and oxygen atoms in total. The lowest BCUT2D eigenvalue weighted by Crippen LogP contribution is -2.20. The van der Waals surface area contributed by atoms with Crippen LogP contribution in [-0.4, -0.2) is 19.6 Å². The third-order valence-electron chi connectivity index (χ3n) is 2.54. The van der Waals surface area contributed by atoms with E-state index in [1.807, 2.05) is 36.4 Å². The Labute approximate surface area is 131 Å². The van der Waals surface area contributed by atoms with E-state index in [0.29, 0.717) is 11.5 Å². The molecule has 2 aromatic rings. The van der Waals surface area contributed by atoms with E-state index in [9.17, 15) is 4.79 Å². The Bertz CT molecular complexity index is 584. The number of nitrogens with one attached hydrogen (secondary N) is 1. The van der Waals surface area contributed by atoms with Crippen molar-refractivity contribution in [3.63, 3.8) is 0 Å². The molecule has 0 saturated heterocycles. The number of methoxy groups -OCH3 is 1. The molecule has 0 aliphatic carbocycles. The fourth-order valence-electron chi connectivity index (χ4n) is 1.57. The Hall–Kier alpha value is -1.76. The minimum Gasteiger partial charge on any atom is -0.497 e. The van der Waals surface area contributed by atoms with E-state index in [1.165, 1.54) is 0 Å². The molecule has 0 bridgehead atoms. The zero-order chi connectivity index (χ0) is 14.4. The predicted molar refractivity (Wildman–Crippen MR) is 86.3 cm³/mol. The van der Waals surface area contributed by atoms with Gasteiger partial charge in [-0.15, -0.1) is 0 Å². The van der Waals surface area contributed by atoms with E-state index in [1.54, 1.807) is 19.2 Å². The molecule has 0 saturated carbocycles. The van der Waals surface area contributed by atoms with Crippen molar-refractivity contribution in [2.45, 2.75) is 0 Å². The maximum Gasteiger partial charge on any atom is 0.262 e. The SMILES string of the molecule is COc1cccc(OCC(=O)Nc2ccc(I)cc2)c1. The van der Waals surface area contributed by atoms with Crippen molar-refractivity contribution < 1.29 is 14.3 Å². The summed E-state index contributed by atoms with van der Waals surface area (Å²) in [5, 5.41) is 2.77. The van der Waals surface area contributed by atoms with Crippen LogP contribution >= 0.6 is 22.6 Å². The van der Waals surface area contributed by atoms with Crippen molar-refractivity contribution in [1.82, 2.24) is 0 Å². The van der Waals surface area contributed by atoms with Crippen LogP contribution in [0.1, 0.15) is 0 Å². The summed E-state index contributed by atoms with van der Waals surface area (Å²) >= 11 is 2.21. The van der Waals surface area contributed by atoms with Gasteiger partial charge in [-0.25, -0.2) is 0 Å². The topological polar surface area (TPSA) is 47.6 Å². The van der Waals surface area contributed by atoms with E-state index in [4.69, 9.17) is 9.47 Å². The molecule has 0 aliphatic rings. The number of carbonyl (C=O) groups is 1. The van der Waals surface area contributed by atoms with Gasteiger partial charge in [0, 0.05) is 15.3 Å². The lowest BCUT2D eigenvalue weighted by atomic mass is 10.3. The molecule has 0 fully saturated rings. The van der Waals surface area contributed by atoms with Crippen molar-refractivity contribution in [3.8, 4) is 11.5 Å². The normalized spacial score (nSPS) is 9.90. The first-order valence-electron chi connectivity index (χ1n) is 5.99. The Morgan fingerprint density at radius 3 is 2.55 bits per heavy atom. The van der Waals surface area contributed by atoms with Gasteiger partial charge in [-0.2, -0.15) is 0 Å². The number of hydrogen-bond acceptors (Lipinski definition) is 3. The summed E-state index contributed by atoms with van der Waals surface area (Å²) < 4.78 is 11.6. The quantitative estimate of drug-likeness (QED) is 0.806. The van der Waals surface area contributed by atoms with E-state index >= 15 is 0 Å². The summed E-state index contributed by atoms with van der Waals surface area (Å²) in [5.41, 5.74) is 0.754. The van der Waals surface area contributed by atoms with Gasteiger partial charge in [0.15, 0.2) is 6.61 Å². The maximum absolute atomic E-state index is 11.8. The van der Waals surface area contributed by atoms with Gasteiger partial charge in [0.25, 0.3) is 5.91 Å². The average Bonchev–Trinajstić information content (AvgIpc) is 2.48. The molecule has 0 aliphatic heterocycles. The van der Waals surface area contributed by atoms with Gasteiger partial charge in [0.1, 0.15) is 11.5 Å². The zero-order valence-corrected chi connectivity index (χ0v) is 13.1. The number of rotatable bonds is 5. The number of carbonyl (C=O) groups excluding carboxylic acids is 1. The van der Waals surface area contributed by atoms with E-state index in [0.717, 1.165) is 9.26 Å². The molecule has 2 rings (SSSR count). The predicted octanol–water partition coefficient (Wildman–Crippen LogP) is 3.32. The van der Waals surface area contributed by atoms with Gasteiger partial charge in [-0.05, 0) is 59.0 Å². The first-order valence-corrected chi connectivity index (χ1v) is 7.07. The second kappa shape index (κ2) is 7.14. The van der Waals surface area contributed by atoms with E-state index < -0.39 is 0 Å². The van der Waals surface area contributed by atoms with Crippen LogP contribution in [0.25, 0.3) is 0 Å². The highest BCUT2D eigenvalue weighted by Gasteiger charge is 2.04. The Balaban J connectivity index is 1.87. The van der Waals surface area contributed by atoms with Crippen molar-refractivity contribution >= 4 is 34.2 Å². The van der Waals surface area contributed by atoms with Crippen LogP contribution in [0.15, 0.2) is 48.5 Å². The third kappa shape index (κ3) is 4.41. The minimum atomic E-state index is -0.200. The molecule has 5 heteroatoms. The zero-order valence-electron chi connectivity index (χ0n) is 10.9. The molecule has 0 unspecified atom stereocenters. The van der Waals surface area contributed by atoms with Crippen LogP contribution < -0.4 is 14.8 Å². The number of halogens is 1. The third-order valence-corrected chi connectivity index (χ3v) is 3.26. The van der Waals surface area contributed by atoms with Gasteiger partial charge in [0.2, 0.25) is 0 Å². The number of ether oxygens (including phenoxy) is 2. The minimum absolute atomic E-state index is 0.0425. The Morgan fingerprint density at radius 2 is 1.85 bits per heavy atom. The molecule has 1 N–H and O–H groups in total. The van der Waals surface area contributed by atoms with Crippen LogP contribution in [0, 0.1) is 3.57 Å². The van der Waals surface area contributed by atoms with Crippen LogP contribution in [0.5, 0.6) is 11.5 Å². The molecule has 0 aromatic heterocycles. The number of amides is 1. The molecule has 0 atom stereocenters. The molecule has 2 aromatic carbocycles. The highest BCUT2D eigenvalue weighted by molar-refractivity contribution is 14.1. The van der Waals surface area contributed by atoms with Gasteiger partial charge >= 0.3 is 0 Å². The second-order valence-corrected chi connectivity index (χ2v) is 5.27. The molecule has 104 valence electrons. The van der Waals surface area contributed by atoms with E-state index in [2.05, 4.69) is 27.9 Å². The van der Waals surface area contributed by atoms with Crippen molar-refractivity contribution in [2.75, 3.05) is 19.0 Å². The van der Waals surface area contributed by atoms with Gasteiger partial charge < -0.3 is 14.8 Å². The number of benzene rings is 2. The highest BCUT2D eigenvalue weighted by Crippen LogP contribution is 2.18. The van der Waals surface area contributed by atoms with Crippen LogP contribution in [-0.2, 0) is 4.79 Å². The van der Waals surface area contributed by atoms with Crippen LogP contribution in [0.2, 0.25) is 0 Å². The molecule has 1 amide bonds. The molecule has 0 heterocycles. The van der Waals surface area contributed by atoms with Gasteiger partial charge in [0.05, 0.1) is 7.11 Å². The number of hydrogen-bond donors (Lipinski definition) is 1. The largest absolute Gasteiger partial charge is 0.497 e. The Kier molecular flexibility index (Phi) is 5.23. The smallest absolute Gasteiger partial charge is 0.262 e. The summed E-state index contributed by atoms with van der Waals surface area (Å²) in [4.78, 5) is 11.8. The fourth-order valence-corrected chi connectivity index (χ4v) is 1.93. The summed E-state index contributed by atoms with van der Waals surface area (Å²) in [6.07, 6.45) is 0. The molecule has 0 radical (unpaired) electrons. The van der Waals surface area contributed by atoms with Crippen molar-refractivity contribution in [3.05, 3.63) is 52.1 Å². The van der Waals surface area contributed by atoms with Crippen molar-refractivity contribution in [2.24, 2.45) is 0 Å². The maximum atomic E-state index is 11.8. The van der Waals surface area contributed by atoms with Gasteiger partial charge in [-0.3, -0.25) is 4.79 Å². The summed E-state index contributed by atoms with van der Waals surface area (Å²) in [5.74, 6) is 1.09. The van der Waals surface area contributed by atoms with Crippen LogP contribution in [0.4, 0.5) is 5.69 Å². The monoisotopic (exact) mass is 383 g/mol. The summed E-state index contributed by atoms with van der Waals surface area (Å²) in [7, 11) is 1.59. The first kappa shape index (κ1) is 14.6. The second-order valence-electron chi connectivity index (χ2n) is 4.02. The molecular weight excluding hydrogens is 369 g/mol. The average molecular weight is 383 g/mol. The van der Waals surface area contributed by atoms with E-state index in [-0.39, 0.29) is 12.5 Å². The highest BCUT2D eigenvalue weighted by atomic mass is 127. The lowest BCUT2D eigenvalue weighted by Gasteiger charge is -2.08. The molecule has 0 spiro atoms. The Morgan fingerprint density at radius 1 is 1.15 bits per heavy atom. The summed E-state index contributed by atoms with van der Waals surface area (Å²) in [6.45, 7) is -0.0425. The van der Waals surface area contributed by atoms with Gasteiger partial charge in [-0.1, -0.05) is 6.07 Å². The summed E-state index contributed by atoms with van der Waals surface area (Å²) in [6, 6.07) is 14.7. The van der Waals surface area contributed by atoms with Crippen LogP contribution in [0.3, 0.4) is 0 Å².